The van der Waals surface area contributed by atoms with Crippen molar-refractivity contribution in [2.75, 3.05) is 19.6 Å². The predicted molar refractivity (Wildman–Crippen MR) is 83.6 cm³/mol. The fourth-order valence-corrected chi connectivity index (χ4v) is 2.53. The SMILES string of the molecule is CCNC(c1ccn(CC(=O)N(CC)CC)c1)C(C)C. The van der Waals surface area contributed by atoms with Crippen molar-refractivity contribution < 1.29 is 4.79 Å². The molecule has 0 bridgehead atoms. The van der Waals surface area contributed by atoms with Gasteiger partial charge in [0.25, 0.3) is 0 Å². The van der Waals surface area contributed by atoms with Gasteiger partial charge < -0.3 is 14.8 Å². The van der Waals surface area contributed by atoms with Crippen molar-refractivity contribution in [3.63, 3.8) is 0 Å². The molecule has 1 rings (SSSR count). The number of nitrogens with one attached hydrogen (secondary N) is 1. The fraction of sp³-hybridized carbons (Fsp3) is 0.688. The van der Waals surface area contributed by atoms with Crippen LogP contribution in [0.4, 0.5) is 0 Å². The molecule has 0 aliphatic rings. The van der Waals surface area contributed by atoms with E-state index >= 15 is 0 Å². The molecule has 114 valence electrons. The number of hydrogen-bond donors (Lipinski definition) is 1. The Morgan fingerprint density at radius 1 is 1.30 bits per heavy atom. The Morgan fingerprint density at radius 3 is 2.45 bits per heavy atom. The highest BCUT2D eigenvalue weighted by Gasteiger charge is 2.16. The van der Waals surface area contributed by atoms with Gasteiger partial charge in [0, 0.05) is 31.5 Å². The summed E-state index contributed by atoms with van der Waals surface area (Å²) in [5.74, 6) is 0.714. The zero-order valence-electron chi connectivity index (χ0n) is 13.5. The van der Waals surface area contributed by atoms with Gasteiger partial charge in [0.15, 0.2) is 0 Å². The first-order valence-corrected chi connectivity index (χ1v) is 7.70. The Kier molecular flexibility index (Phi) is 6.79. The van der Waals surface area contributed by atoms with Crippen molar-refractivity contribution in [2.45, 2.75) is 47.2 Å². The summed E-state index contributed by atoms with van der Waals surface area (Å²) in [7, 11) is 0. The highest BCUT2D eigenvalue weighted by Crippen LogP contribution is 2.21. The molecule has 0 aliphatic carbocycles. The minimum absolute atomic E-state index is 0.182. The molecule has 4 nitrogen and oxygen atoms in total. The van der Waals surface area contributed by atoms with Crippen LogP contribution in [0.5, 0.6) is 0 Å². The van der Waals surface area contributed by atoms with Gasteiger partial charge >= 0.3 is 0 Å². The molecule has 20 heavy (non-hydrogen) atoms. The van der Waals surface area contributed by atoms with Crippen LogP contribution in [0.25, 0.3) is 0 Å². The third-order valence-electron chi connectivity index (χ3n) is 3.66. The number of carbonyl (C=O) groups is 1. The maximum atomic E-state index is 12.1. The van der Waals surface area contributed by atoms with Crippen molar-refractivity contribution in [2.24, 2.45) is 5.92 Å². The van der Waals surface area contributed by atoms with Crippen LogP contribution in [0.1, 0.15) is 46.2 Å². The lowest BCUT2D eigenvalue weighted by atomic mass is 9.98. The molecular weight excluding hydrogens is 250 g/mol. The lowest BCUT2D eigenvalue weighted by Gasteiger charge is -2.21. The fourth-order valence-electron chi connectivity index (χ4n) is 2.53. The molecule has 0 saturated heterocycles. The summed E-state index contributed by atoms with van der Waals surface area (Å²) >= 11 is 0. The van der Waals surface area contributed by atoms with E-state index in [1.54, 1.807) is 0 Å². The number of amides is 1. The van der Waals surface area contributed by atoms with Gasteiger partial charge in [-0.05, 0) is 37.9 Å². The largest absolute Gasteiger partial charge is 0.345 e. The van der Waals surface area contributed by atoms with E-state index in [9.17, 15) is 4.79 Å². The topological polar surface area (TPSA) is 37.3 Å². The molecule has 1 aromatic rings. The lowest BCUT2D eigenvalue weighted by molar-refractivity contribution is -0.131. The number of aromatic nitrogens is 1. The predicted octanol–water partition coefficient (Wildman–Crippen LogP) is 2.66. The third-order valence-corrected chi connectivity index (χ3v) is 3.66. The van der Waals surface area contributed by atoms with E-state index in [0.29, 0.717) is 18.5 Å². The minimum Gasteiger partial charge on any atom is -0.345 e. The van der Waals surface area contributed by atoms with Gasteiger partial charge in [-0.15, -0.1) is 0 Å². The zero-order valence-corrected chi connectivity index (χ0v) is 13.5. The van der Waals surface area contributed by atoms with Gasteiger partial charge in [0.2, 0.25) is 5.91 Å². The number of rotatable bonds is 8. The summed E-state index contributed by atoms with van der Waals surface area (Å²) in [6.45, 7) is 13.5. The van der Waals surface area contributed by atoms with Gasteiger partial charge in [-0.2, -0.15) is 0 Å². The average Bonchev–Trinajstić information content (AvgIpc) is 2.85. The molecule has 4 heteroatoms. The molecule has 1 atom stereocenters. The van der Waals surface area contributed by atoms with E-state index in [4.69, 9.17) is 0 Å². The molecule has 0 aliphatic heterocycles. The van der Waals surface area contributed by atoms with E-state index in [-0.39, 0.29) is 5.91 Å². The van der Waals surface area contributed by atoms with Crippen molar-refractivity contribution in [1.82, 2.24) is 14.8 Å². The van der Waals surface area contributed by atoms with Gasteiger partial charge in [-0.1, -0.05) is 20.8 Å². The van der Waals surface area contributed by atoms with Crippen LogP contribution < -0.4 is 5.32 Å². The molecule has 1 N–H and O–H groups in total. The van der Waals surface area contributed by atoms with Crippen LogP contribution in [-0.2, 0) is 11.3 Å². The number of carbonyl (C=O) groups excluding carboxylic acids is 1. The molecule has 0 aromatic carbocycles. The van der Waals surface area contributed by atoms with Gasteiger partial charge in [-0.3, -0.25) is 4.79 Å². The van der Waals surface area contributed by atoms with E-state index in [1.807, 2.05) is 29.5 Å². The molecule has 1 heterocycles. The maximum Gasteiger partial charge on any atom is 0.242 e. The monoisotopic (exact) mass is 279 g/mol. The van der Waals surface area contributed by atoms with Crippen molar-refractivity contribution >= 4 is 5.91 Å². The van der Waals surface area contributed by atoms with E-state index in [0.717, 1.165) is 19.6 Å². The Hall–Kier alpha value is -1.29. The maximum absolute atomic E-state index is 12.1. The van der Waals surface area contributed by atoms with Gasteiger partial charge in [-0.25, -0.2) is 0 Å². The first kappa shape index (κ1) is 16.8. The van der Waals surface area contributed by atoms with Crippen LogP contribution in [-0.4, -0.2) is 35.0 Å². The average molecular weight is 279 g/mol. The second-order valence-electron chi connectivity index (χ2n) is 5.46. The van der Waals surface area contributed by atoms with Crippen LogP contribution in [0, 0.1) is 5.92 Å². The van der Waals surface area contributed by atoms with Gasteiger partial charge in [0.1, 0.15) is 6.54 Å². The highest BCUT2D eigenvalue weighted by molar-refractivity contribution is 5.75. The first-order valence-electron chi connectivity index (χ1n) is 7.70. The molecule has 0 spiro atoms. The van der Waals surface area contributed by atoms with Crippen LogP contribution >= 0.6 is 0 Å². The van der Waals surface area contributed by atoms with E-state index in [2.05, 4.69) is 38.4 Å². The van der Waals surface area contributed by atoms with E-state index < -0.39 is 0 Å². The summed E-state index contributed by atoms with van der Waals surface area (Å²) in [5.41, 5.74) is 1.26. The molecule has 1 unspecified atom stereocenters. The smallest absolute Gasteiger partial charge is 0.242 e. The highest BCUT2D eigenvalue weighted by atomic mass is 16.2. The Morgan fingerprint density at radius 2 is 1.95 bits per heavy atom. The van der Waals surface area contributed by atoms with Crippen molar-refractivity contribution in [3.05, 3.63) is 24.0 Å². The lowest BCUT2D eigenvalue weighted by Crippen LogP contribution is -2.33. The standard InChI is InChI=1S/C16H29N3O/c1-6-17-16(13(4)5)14-9-10-18(11-14)12-15(20)19(7-2)8-3/h9-11,13,16-17H,6-8,12H2,1-5H3. The van der Waals surface area contributed by atoms with Crippen molar-refractivity contribution in [1.29, 1.82) is 0 Å². The summed E-state index contributed by atoms with van der Waals surface area (Å²) in [4.78, 5) is 14.0. The second-order valence-corrected chi connectivity index (χ2v) is 5.46. The molecule has 0 fully saturated rings. The van der Waals surface area contributed by atoms with Crippen LogP contribution in [0.2, 0.25) is 0 Å². The number of likely N-dealkylation sites (N-methyl/N-ethyl adjacent to an activating group) is 1. The molecule has 0 saturated carbocycles. The quantitative estimate of drug-likeness (QED) is 0.794. The third kappa shape index (κ3) is 4.37. The number of nitrogens with zero attached hydrogens (tertiary/aromatic N) is 2. The van der Waals surface area contributed by atoms with Crippen LogP contribution in [0.15, 0.2) is 18.5 Å². The summed E-state index contributed by atoms with van der Waals surface area (Å²) in [5, 5.41) is 3.50. The summed E-state index contributed by atoms with van der Waals surface area (Å²) < 4.78 is 1.99. The van der Waals surface area contributed by atoms with Crippen molar-refractivity contribution in [3.8, 4) is 0 Å². The van der Waals surface area contributed by atoms with Gasteiger partial charge in [0.05, 0.1) is 0 Å². The first-order chi connectivity index (χ1) is 9.53. The normalized spacial score (nSPS) is 12.7. The molecule has 1 aromatic heterocycles. The Bertz CT molecular complexity index is 408. The number of hydrogen-bond acceptors (Lipinski definition) is 2. The molecule has 1 amide bonds. The summed E-state index contributed by atoms with van der Waals surface area (Å²) in [6.07, 6.45) is 4.10. The molecule has 0 radical (unpaired) electrons. The zero-order chi connectivity index (χ0) is 15.1. The Balaban J connectivity index is 2.73. The molecular formula is C16H29N3O. The van der Waals surface area contributed by atoms with Crippen LogP contribution in [0.3, 0.4) is 0 Å². The Labute approximate surface area is 123 Å². The van der Waals surface area contributed by atoms with E-state index in [1.165, 1.54) is 5.56 Å². The second kappa shape index (κ2) is 8.10. The minimum atomic E-state index is 0.182. The summed E-state index contributed by atoms with van der Waals surface area (Å²) in [6, 6.07) is 2.47.